The van der Waals surface area contributed by atoms with Crippen molar-refractivity contribution in [1.82, 2.24) is 25.4 Å². The van der Waals surface area contributed by atoms with Crippen molar-refractivity contribution in [3.63, 3.8) is 0 Å². The number of carbonyl (C=O) groups excluding carboxylic acids is 2. The highest BCUT2D eigenvalue weighted by molar-refractivity contribution is 6.30. The van der Waals surface area contributed by atoms with E-state index < -0.39 is 11.8 Å². The molecule has 0 unspecified atom stereocenters. The smallest absolute Gasteiger partial charge is 0.268 e. The summed E-state index contributed by atoms with van der Waals surface area (Å²) in [5, 5.41) is 11.1. The predicted octanol–water partition coefficient (Wildman–Crippen LogP) is 5.98. The summed E-state index contributed by atoms with van der Waals surface area (Å²) in [6.07, 6.45) is 6.81. The normalized spacial score (nSPS) is 11.2. The fourth-order valence-electron chi connectivity index (χ4n) is 4.03. The Kier molecular flexibility index (Phi) is 8.13. The summed E-state index contributed by atoms with van der Waals surface area (Å²) in [6, 6.07) is 27.8. The second-order valence-electron chi connectivity index (χ2n) is 9.14. The molecule has 40 heavy (non-hydrogen) atoms. The van der Waals surface area contributed by atoms with Crippen LogP contribution in [0, 0.1) is 6.92 Å². The van der Waals surface area contributed by atoms with E-state index in [0.717, 1.165) is 22.4 Å². The number of nitrogens with zero attached hydrogens (tertiary/aromatic N) is 3. The molecule has 0 aliphatic carbocycles. The standard InChI is InChI=1S/C32H26ClN5O2/c1-22-9-11-25(12-10-22)31(39)36-29(32(40)35-20-23-6-5-17-34-19-23)18-26-21-38(28-7-3-2-4-8-28)37-30(26)24-13-15-27(33)16-14-24/h2-19,21H,20H2,1H3,(H,35,40)(H,36,39). The Morgan fingerprint density at radius 3 is 2.38 bits per heavy atom. The maximum Gasteiger partial charge on any atom is 0.268 e. The van der Waals surface area contributed by atoms with Gasteiger partial charge in [-0.15, -0.1) is 0 Å². The summed E-state index contributed by atoms with van der Waals surface area (Å²) >= 11 is 6.13. The lowest BCUT2D eigenvalue weighted by Crippen LogP contribution is -2.34. The van der Waals surface area contributed by atoms with E-state index in [1.807, 2.05) is 73.8 Å². The lowest BCUT2D eigenvalue weighted by Gasteiger charge is -2.11. The number of nitrogens with one attached hydrogen (secondary N) is 2. The first kappa shape index (κ1) is 26.6. The maximum atomic E-state index is 13.5. The first-order chi connectivity index (χ1) is 19.5. The molecule has 2 N–H and O–H groups in total. The van der Waals surface area contributed by atoms with Crippen LogP contribution in [0.3, 0.4) is 0 Å². The minimum Gasteiger partial charge on any atom is -0.347 e. The molecule has 8 heteroatoms. The molecule has 0 aliphatic heterocycles. The Hall–Kier alpha value is -5.01. The van der Waals surface area contributed by atoms with Gasteiger partial charge in [0.05, 0.1) is 5.69 Å². The van der Waals surface area contributed by atoms with Crippen LogP contribution in [-0.4, -0.2) is 26.6 Å². The molecule has 2 aromatic heterocycles. The molecule has 0 saturated heterocycles. The third kappa shape index (κ3) is 6.51. The van der Waals surface area contributed by atoms with Crippen LogP contribution in [0.2, 0.25) is 5.02 Å². The number of hydrogen-bond acceptors (Lipinski definition) is 4. The maximum absolute atomic E-state index is 13.5. The molecule has 0 spiro atoms. The highest BCUT2D eigenvalue weighted by Crippen LogP contribution is 2.27. The molecule has 3 aromatic carbocycles. The van der Waals surface area contributed by atoms with Crippen LogP contribution < -0.4 is 10.6 Å². The van der Waals surface area contributed by atoms with Crippen molar-refractivity contribution in [3.05, 3.63) is 143 Å². The lowest BCUT2D eigenvalue weighted by atomic mass is 10.1. The van der Waals surface area contributed by atoms with Crippen molar-refractivity contribution >= 4 is 29.5 Å². The van der Waals surface area contributed by atoms with Gasteiger partial charge < -0.3 is 10.6 Å². The van der Waals surface area contributed by atoms with Gasteiger partial charge in [-0.1, -0.05) is 65.7 Å². The summed E-state index contributed by atoms with van der Waals surface area (Å²) in [7, 11) is 0. The molecule has 0 fully saturated rings. The van der Waals surface area contributed by atoms with Crippen molar-refractivity contribution in [3.8, 4) is 16.9 Å². The highest BCUT2D eigenvalue weighted by atomic mass is 35.5. The fourth-order valence-corrected chi connectivity index (χ4v) is 4.16. The molecule has 0 saturated carbocycles. The topological polar surface area (TPSA) is 88.9 Å². The zero-order chi connectivity index (χ0) is 27.9. The highest BCUT2D eigenvalue weighted by Gasteiger charge is 2.18. The second-order valence-corrected chi connectivity index (χ2v) is 9.58. The number of hydrogen-bond donors (Lipinski definition) is 2. The van der Waals surface area contributed by atoms with Crippen LogP contribution in [0.25, 0.3) is 23.0 Å². The van der Waals surface area contributed by atoms with Crippen LogP contribution in [0.15, 0.2) is 115 Å². The average Bonchev–Trinajstić information content (AvgIpc) is 3.41. The Morgan fingerprint density at radius 2 is 1.68 bits per heavy atom. The van der Waals surface area contributed by atoms with E-state index in [2.05, 4.69) is 15.6 Å². The predicted molar refractivity (Wildman–Crippen MR) is 157 cm³/mol. The molecule has 2 amide bonds. The van der Waals surface area contributed by atoms with Gasteiger partial charge in [-0.25, -0.2) is 4.68 Å². The van der Waals surface area contributed by atoms with Crippen molar-refractivity contribution in [2.45, 2.75) is 13.5 Å². The van der Waals surface area contributed by atoms with Gasteiger partial charge in [-0.05, 0) is 61.0 Å². The largest absolute Gasteiger partial charge is 0.347 e. The molecule has 0 radical (unpaired) electrons. The number of para-hydroxylation sites is 1. The Balaban J connectivity index is 1.55. The van der Waals surface area contributed by atoms with Crippen molar-refractivity contribution in [1.29, 1.82) is 0 Å². The van der Waals surface area contributed by atoms with E-state index in [1.165, 1.54) is 0 Å². The Labute approximate surface area is 237 Å². The number of pyridine rings is 1. The summed E-state index contributed by atoms with van der Waals surface area (Å²) in [6.45, 7) is 2.19. The molecule has 0 aliphatic rings. The van der Waals surface area contributed by atoms with Crippen LogP contribution in [-0.2, 0) is 11.3 Å². The fraction of sp³-hybridized carbons (Fsp3) is 0.0625. The minimum absolute atomic E-state index is 0.0808. The molecular weight excluding hydrogens is 522 g/mol. The van der Waals surface area contributed by atoms with Crippen LogP contribution in [0.5, 0.6) is 0 Å². The number of aryl methyl sites for hydroxylation is 1. The first-order valence-corrected chi connectivity index (χ1v) is 13.0. The molecule has 0 atom stereocenters. The summed E-state index contributed by atoms with van der Waals surface area (Å²) in [4.78, 5) is 30.7. The average molecular weight is 548 g/mol. The number of aromatic nitrogens is 3. The summed E-state index contributed by atoms with van der Waals surface area (Å²) in [5.74, 6) is -0.842. The zero-order valence-electron chi connectivity index (χ0n) is 21.7. The number of carbonyl (C=O) groups is 2. The second kappa shape index (κ2) is 12.2. The van der Waals surface area contributed by atoms with E-state index in [4.69, 9.17) is 16.7 Å². The first-order valence-electron chi connectivity index (χ1n) is 12.6. The SMILES string of the molecule is Cc1ccc(C(=O)NC(=Cc2cn(-c3ccccc3)nc2-c2ccc(Cl)cc2)C(=O)NCc2cccnc2)cc1. The van der Waals surface area contributed by atoms with E-state index in [-0.39, 0.29) is 12.2 Å². The molecule has 0 bridgehead atoms. The number of rotatable bonds is 8. The van der Waals surface area contributed by atoms with Crippen molar-refractivity contribution < 1.29 is 9.59 Å². The number of halogens is 1. The van der Waals surface area contributed by atoms with Gasteiger partial charge in [-0.3, -0.25) is 14.6 Å². The molecule has 198 valence electrons. The van der Waals surface area contributed by atoms with Crippen molar-refractivity contribution in [2.75, 3.05) is 0 Å². The van der Waals surface area contributed by atoms with Crippen LogP contribution >= 0.6 is 11.6 Å². The van der Waals surface area contributed by atoms with Gasteiger partial charge in [0.1, 0.15) is 11.4 Å². The van der Waals surface area contributed by atoms with Gasteiger partial charge in [-0.2, -0.15) is 5.10 Å². The van der Waals surface area contributed by atoms with Crippen LogP contribution in [0.4, 0.5) is 0 Å². The van der Waals surface area contributed by atoms with E-state index in [9.17, 15) is 9.59 Å². The van der Waals surface area contributed by atoms with Gasteiger partial charge in [0.2, 0.25) is 0 Å². The van der Waals surface area contributed by atoms with E-state index in [1.54, 1.807) is 53.5 Å². The lowest BCUT2D eigenvalue weighted by molar-refractivity contribution is -0.117. The molecule has 5 rings (SSSR count). The quantitative estimate of drug-likeness (QED) is 0.234. The van der Waals surface area contributed by atoms with Crippen molar-refractivity contribution in [2.24, 2.45) is 0 Å². The summed E-state index contributed by atoms with van der Waals surface area (Å²) in [5.41, 5.74) is 5.31. The minimum atomic E-state index is -0.446. The monoisotopic (exact) mass is 547 g/mol. The molecular formula is C32H26ClN5O2. The number of benzene rings is 3. The third-order valence-electron chi connectivity index (χ3n) is 6.16. The third-order valence-corrected chi connectivity index (χ3v) is 6.42. The molecule has 5 aromatic rings. The van der Waals surface area contributed by atoms with Gasteiger partial charge >= 0.3 is 0 Å². The van der Waals surface area contributed by atoms with E-state index >= 15 is 0 Å². The Bertz CT molecular complexity index is 1650. The molecule has 7 nitrogen and oxygen atoms in total. The van der Waals surface area contributed by atoms with Gasteiger partial charge in [0.25, 0.3) is 11.8 Å². The van der Waals surface area contributed by atoms with E-state index in [0.29, 0.717) is 21.8 Å². The summed E-state index contributed by atoms with van der Waals surface area (Å²) < 4.78 is 1.74. The molecule has 2 heterocycles. The number of amides is 2. The van der Waals surface area contributed by atoms with Gasteiger partial charge in [0.15, 0.2) is 0 Å². The zero-order valence-corrected chi connectivity index (χ0v) is 22.5. The Morgan fingerprint density at radius 1 is 0.925 bits per heavy atom. The van der Waals surface area contributed by atoms with Crippen LogP contribution in [0.1, 0.15) is 27.0 Å². The van der Waals surface area contributed by atoms with Gasteiger partial charge in [0, 0.05) is 46.8 Å².